The molecule has 11 heteroatoms. The van der Waals surface area contributed by atoms with E-state index in [0.717, 1.165) is 13.3 Å². The van der Waals surface area contributed by atoms with E-state index in [1.54, 1.807) is 0 Å². The second kappa shape index (κ2) is 6.13. The number of hydrogen-bond acceptors (Lipinski definition) is 5. The fraction of sp³-hybridized carbons (Fsp3) is 0.385. The lowest BCUT2D eigenvalue weighted by molar-refractivity contribution is -0.134. The van der Waals surface area contributed by atoms with E-state index in [-0.39, 0.29) is 11.9 Å². The monoisotopic (exact) mass is 367 g/mol. The molecule has 0 aliphatic heterocycles. The molecular formula is C13H13F4N3O3S. The Labute approximate surface area is 134 Å². The number of rotatable bonds is 6. The minimum Gasteiger partial charge on any atom is -0.377 e. The second-order valence-electron chi connectivity index (χ2n) is 5.01. The van der Waals surface area contributed by atoms with Gasteiger partial charge in [-0.1, -0.05) is 13.0 Å². The molecule has 1 heterocycles. The van der Waals surface area contributed by atoms with E-state index < -0.39 is 50.1 Å². The molecule has 1 aromatic heterocycles. The summed E-state index contributed by atoms with van der Waals surface area (Å²) >= 11 is 0. The summed E-state index contributed by atoms with van der Waals surface area (Å²) in [4.78, 5) is 3.54. The Morgan fingerprint density at radius 3 is 2.46 bits per heavy atom. The number of hydrogen-bond donors (Lipinski definition) is 2. The highest BCUT2D eigenvalue weighted by Crippen LogP contribution is 2.44. The van der Waals surface area contributed by atoms with E-state index >= 15 is 0 Å². The third kappa shape index (κ3) is 2.88. The Morgan fingerprint density at radius 1 is 1.29 bits per heavy atom. The zero-order valence-corrected chi connectivity index (χ0v) is 13.1. The molecule has 0 spiro atoms. The molecule has 132 valence electrons. The van der Waals surface area contributed by atoms with Gasteiger partial charge in [0.2, 0.25) is 9.84 Å². The van der Waals surface area contributed by atoms with Gasteiger partial charge in [-0.05, 0) is 6.07 Å². The molecule has 2 rings (SSSR count). The van der Waals surface area contributed by atoms with E-state index in [1.807, 2.05) is 0 Å². The van der Waals surface area contributed by atoms with Crippen molar-refractivity contribution in [2.24, 2.45) is 0 Å². The third-order valence-corrected chi connectivity index (χ3v) is 5.40. The Morgan fingerprint density at radius 2 is 1.96 bits per heavy atom. The minimum atomic E-state index is -5.14. The molecule has 0 saturated heterocycles. The molecule has 1 unspecified atom stereocenters. The second-order valence-corrected chi connectivity index (χ2v) is 7.33. The van der Waals surface area contributed by atoms with Crippen molar-refractivity contribution < 1.29 is 31.1 Å². The topological polar surface area (TPSA) is 95.9 Å². The quantitative estimate of drug-likeness (QED) is 0.755. The van der Waals surface area contributed by atoms with Gasteiger partial charge in [-0.3, -0.25) is 5.10 Å². The van der Waals surface area contributed by atoms with Gasteiger partial charge in [-0.2, -0.15) is 13.9 Å². The number of sulfone groups is 1. The first kappa shape index (κ1) is 18.3. The van der Waals surface area contributed by atoms with E-state index in [0.29, 0.717) is 12.1 Å². The van der Waals surface area contributed by atoms with Crippen molar-refractivity contribution in [2.45, 2.75) is 24.2 Å². The maximum absolute atomic E-state index is 14.6. The van der Waals surface area contributed by atoms with E-state index in [9.17, 15) is 31.1 Å². The van der Waals surface area contributed by atoms with Crippen molar-refractivity contribution in [3.05, 3.63) is 47.5 Å². The van der Waals surface area contributed by atoms with Gasteiger partial charge in [-0.15, -0.1) is 0 Å². The van der Waals surface area contributed by atoms with Crippen LogP contribution in [0.15, 0.2) is 24.5 Å². The van der Waals surface area contributed by atoms with Crippen LogP contribution in [0.4, 0.5) is 17.6 Å². The smallest absolute Gasteiger partial charge is 0.377 e. The van der Waals surface area contributed by atoms with Gasteiger partial charge in [0, 0.05) is 18.1 Å². The average molecular weight is 367 g/mol. The van der Waals surface area contributed by atoms with Crippen LogP contribution in [-0.4, -0.2) is 39.7 Å². The Kier molecular flexibility index (Phi) is 4.68. The van der Waals surface area contributed by atoms with Crippen LogP contribution >= 0.6 is 0 Å². The fourth-order valence-corrected chi connectivity index (χ4v) is 3.24. The molecule has 0 bridgehead atoms. The van der Waals surface area contributed by atoms with Gasteiger partial charge >= 0.3 is 5.25 Å². The van der Waals surface area contributed by atoms with Crippen LogP contribution in [-0.2, 0) is 21.9 Å². The number of alkyl halides is 2. The molecule has 2 N–H and O–H groups in total. The molecule has 1 aromatic carbocycles. The molecular weight excluding hydrogens is 354 g/mol. The summed E-state index contributed by atoms with van der Waals surface area (Å²) in [7, 11) is -5.14. The van der Waals surface area contributed by atoms with Gasteiger partial charge in [0.15, 0.2) is 5.60 Å². The summed E-state index contributed by atoms with van der Waals surface area (Å²) in [5.74, 6) is -3.88. The van der Waals surface area contributed by atoms with Gasteiger partial charge in [-0.25, -0.2) is 22.2 Å². The predicted octanol–water partition coefficient (Wildman–Crippen LogP) is 1.54. The molecule has 0 saturated carbocycles. The normalized spacial score (nSPS) is 15.2. The van der Waals surface area contributed by atoms with Gasteiger partial charge < -0.3 is 5.11 Å². The third-order valence-electron chi connectivity index (χ3n) is 3.52. The van der Waals surface area contributed by atoms with Crippen molar-refractivity contribution in [3.63, 3.8) is 0 Å². The van der Waals surface area contributed by atoms with Crippen molar-refractivity contribution in [1.82, 2.24) is 15.2 Å². The van der Waals surface area contributed by atoms with Crippen LogP contribution in [0.3, 0.4) is 0 Å². The Bertz CT molecular complexity index is 827. The number of aromatic amines is 1. The van der Waals surface area contributed by atoms with Crippen LogP contribution in [0.2, 0.25) is 0 Å². The van der Waals surface area contributed by atoms with E-state index in [4.69, 9.17) is 0 Å². The summed E-state index contributed by atoms with van der Waals surface area (Å²) in [6.45, 7) is 0.957. The predicted molar refractivity (Wildman–Crippen MR) is 74.7 cm³/mol. The number of aromatic nitrogens is 3. The highest BCUT2D eigenvalue weighted by atomic mass is 32.2. The largest absolute Gasteiger partial charge is 0.377 e. The summed E-state index contributed by atoms with van der Waals surface area (Å²) < 4.78 is 80.0. The zero-order valence-electron chi connectivity index (χ0n) is 12.3. The van der Waals surface area contributed by atoms with Gasteiger partial charge in [0.05, 0.1) is 5.75 Å². The molecule has 1 atom stereocenters. The fourth-order valence-electron chi connectivity index (χ4n) is 2.18. The summed E-state index contributed by atoms with van der Waals surface area (Å²) in [5.41, 5.74) is -4.58. The highest BCUT2D eigenvalue weighted by molar-refractivity contribution is 7.92. The summed E-state index contributed by atoms with van der Waals surface area (Å²) in [6.07, 6.45) is -0.134. The van der Waals surface area contributed by atoms with Crippen LogP contribution in [0.25, 0.3) is 0 Å². The lowest BCUT2D eigenvalue weighted by Gasteiger charge is -2.35. The Balaban J connectivity index is 2.70. The Hall–Kier alpha value is -2.01. The zero-order chi connectivity index (χ0) is 18.2. The molecule has 24 heavy (non-hydrogen) atoms. The molecule has 0 amide bonds. The first-order valence-corrected chi connectivity index (χ1v) is 8.32. The SMILES string of the molecule is CCS(=O)(=O)C(F)(F)C(O)(Cc1ncn[nH]1)c1ccc(F)cc1F. The number of halogens is 4. The van der Waals surface area contributed by atoms with Crippen molar-refractivity contribution in [2.75, 3.05) is 5.75 Å². The lowest BCUT2D eigenvalue weighted by atomic mass is 9.89. The maximum atomic E-state index is 14.6. The van der Waals surface area contributed by atoms with Crippen molar-refractivity contribution >= 4 is 9.84 Å². The van der Waals surface area contributed by atoms with E-state index in [1.165, 1.54) is 0 Å². The number of aliphatic hydroxyl groups is 1. The lowest BCUT2D eigenvalue weighted by Crippen LogP contribution is -2.53. The standard InChI is InChI=1S/C13H13F4N3O3S/c1-2-24(22,23)13(16,17)12(21,6-11-18-7-19-20-11)9-4-3-8(14)5-10(9)15/h3-5,7,21H,2,6H2,1H3,(H,18,19,20). The maximum Gasteiger partial charge on any atom is 0.377 e. The molecule has 0 aliphatic carbocycles. The number of nitrogens with zero attached hydrogens (tertiary/aromatic N) is 2. The van der Waals surface area contributed by atoms with Crippen LogP contribution in [0.5, 0.6) is 0 Å². The van der Waals surface area contributed by atoms with Gasteiger partial charge in [0.1, 0.15) is 23.8 Å². The first-order valence-electron chi connectivity index (χ1n) is 6.67. The van der Waals surface area contributed by atoms with Crippen molar-refractivity contribution in [1.29, 1.82) is 0 Å². The molecule has 6 nitrogen and oxygen atoms in total. The van der Waals surface area contributed by atoms with Crippen LogP contribution in [0, 0.1) is 11.6 Å². The molecule has 2 aromatic rings. The van der Waals surface area contributed by atoms with Gasteiger partial charge in [0.25, 0.3) is 0 Å². The van der Waals surface area contributed by atoms with Crippen LogP contribution in [0.1, 0.15) is 18.3 Å². The average Bonchev–Trinajstić information content (AvgIpc) is 2.99. The molecule has 0 radical (unpaired) electrons. The number of H-pyrrole nitrogens is 1. The summed E-state index contributed by atoms with van der Waals surface area (Å²) in [6, 6.07) is 1.48. The number of benzene rings is 1. The molecule has 0 fully saturated rings. The van der Waals surface area contributed by atoms with Crippen molar-refractivity contribution in [3.8, 4) is 0 Å². The number of nitrogens with one attached hydrogen (secondary N) is 1. The minimum absolute atomic E-state index is 0.273. The first-order chi connectivity index (χ1) is 11.0. The summed E-state index contributed by atoms with van der Waals surface area (Å²) in [5, 5.41) is 11.4. The van der Waals surface area contributed by atoms with Crippen LogP contribution < -0.4 is 0 Å². The molecule has 0 aliphatic rings. The highest BCUT2D eigenvalue weighted by Gasteiger charge is 2.63. The van der Waals surface area contributed by atoms with E-state index in [2.05, 4.69) is 15.2 Å².